The first-order valence-corrected chi connectivity index (χ1v) is 9.25. The van der Waals surface area contributed by atoms with Gasteiger partial charge in [0.1, 0.15) is 5.75 Å². The highest BCUT2D eigenvalue weighted by Crippen LogP contribution is 2.32. The number of hydrogen-bond acceptors (Lipinski definition) is 5. The van der Waals surface area contributed by atoms with Gasteiger partial charge in [-0.05, 0) is 42.8 Å². The van der Waals surface area contributed by atoms with Crippen molar-refractivity contribution in [2.75, 3.05) is 18.4 Å². The molecule has 0 heterocycles. The number of sulfonamides is 1. The van der Waals surface area contributed by atoms with Crippen LogP contribution in [0.5, 0.6) is 5.75 Å². The molecule has 2 rings (SSSR count). The number of halogens is 2. The third kappa shape index (κ3) is 4.78. The van der Waals surface area contributed by atoms with E-state index in [0.29, 0.717) is 11.3 Å². The number of carbonyl (C=O) groups excluding carboxylic acids is 1. The van der Waals surface area contributed by atoms with E-state index >= 15 is 0 Å². The largest absolute Gasteiger partial charge is 0.482 e. The first-order valence-electron chi connectivity index (χ1n) is 7.01. The lowest BCUT2D eigenvalue weighted by Crippen LogP contribution is -2.15. The highest BCUT2D eigenvalue weighted by Gasteiger charge is 2.19. The van der Waals surface area contributed by atoms with E-state index < -0.39 is 16.0 Å². The molecule has 0 saturated heterocycles. The van der Waals surface area contributed by atoms with Crippen LogP contribution < -0.4 is 9.46 Å². The van der Waals surface area contributed by atoms with Crippen molar-refractivity contribution in [1.29, 1.82) is 0 Å². The quantitative estimate of drug-likeness (QED) is 0.744. The molecule has 0 bridgehead atoms. The van der Waals surface area contributed by atoms with Gasteiger partial charge in [0.25, 0.3) is 10.0 Å². The van der Waals surface area contributed by atoms with E-state index in [1.165, 1.54) is 37.4 Å². The third-order valence-electron chi connectivity index (χ3n) is 3.23. The van der Waals surface area contributed by atoms with Crippen LogP contribution in [0.2, 0.25) is 10.0 Å². The van der Waals surface area contributed by atoms with Crippen LogP contribution in [0.3, 0.4) is 0 Å². The van der Waals surface area contributed by atoms with E-state index in [-0.39, 0.29) is 27.2 Å². The molecule has 9 heteroatoms. The van der Waals surface area contributed by atoms with E-state index in [0.717, 1.165) is 0 Å². The number of hydrogen-bond donors (Lipinski definition) is 1. The summed E-state index contributed by atoms with van der Waals surface area (Å²) in [6, 6.07) is 8.90. The van der Waals surface area contributed by atoms with Gasteiger partial charge in [0.2, 0.25) is 0 Å². The van der Waals surface area contributed by atoms with Gasteiger partial charge < -0.3 is 9.47 Å². The summed E-state index contributed by atoms with van der Waals surface area (Å²) >= 11 is 12.0. The molecular formula is C16H15Cl2NO5S. The minimum atomic E-state index is -3.90. The number of aryl methyl sites for hydroxylation is 1. The average Bonchev–Trinajstić information content (AvgIpc) is 2.56. The van der Waals surface area contributed by atoms with Gasteiger partial charge in [0.15, 0.2) is 6.61 Å². The molecule has 0 amide bonds. The minimum absolute atomic E-state index is 0.00593. The van der Waals surface area contributed by atoms with Crippen molar-refractivity contribution in [2.24, 2.45) is 0 Å². The third-order valence-corrected chi connectivity index (χ3v) is 5.21. The van der Waals surface area contributed by atoms with Gasteiger partial charge in [-0.25, -0.2) is 13.2 Å². The topological polar surface area (TPSA) is 81.7 Å². The molecule has 0 radical (unpaired) electrons. The Labute approximate surface area is 155 Å². The molecule has 0 aliphatic rings. The van der Waals surface area contributed by atoms with Crippen LogP contribution in [0.1, 0.15) is 5.56 Å². The summed E-state index contributed by atoms with van der Waals surface area (Å²) in [5.74, 6) is -0.161. The van der Waals surface area contributed by atoms with E-state index in [1.807, 2.05) is 0 Å². The number of ether oxygens (including phenoxy) is 2. The SMILES string of the molecule is COC(=O)COc1ccc(S(=O)(=O)Nc2c(Cl)cccc2Cl)cc1C. The van der Waals surface area contributed by atoms with Gasteiger partial charge in [-0.15, -0.1) is 0 Å². The molecule has 0 aliphatic heterocycles. The molecule has 2 aromatic rings. The monoisotopic (exact) mass is 403 g/mol. The second-order valence-electron chi connectivity index (χ2n) is 4.99. The van der Waals surface area contributed by atoms with Gasteiger partial charge in [0.05, 0.1) is 27.7 Å². The lowest BCUT2D eigenvalue weighted by molar-refractivity contribution is -0.142. The number of nitrogens with one attached hydrogen (secondary N) is 1. The van der Waals surface area contributed by atoms with E-state index in [4.69, 9.17) is 27.9 Å². The maximum atomic E-state index is 12.5. The fourth-order valence-electron chi connectivity index (χ4n) is 1.94. The molecule has 0 spiro atoms. The summed E-state index contributed by atoms with van der Waals surface area (Å²) in [7, 11) is -2.65. The summed E-state index contributed by atoms with van der Waals surface area (Å²) < 4.78 is 37.2. The fourth-order valence-corrected chi connectivity index (χ4v) is 3.72. The molecule has 0 aliphatic carbocycles. The summed E-state index contributed by atoms with van der Waals surface area (Å²) in [4.78, 5) is 11.1. The van der Waals surface area contributed by atoms with Crippen LogP contribution in [0.15, 0.2) is 41.3 Å². The zero-order valence-corrected chi connectivity index (χ0v) is 15.7. The Morgan fingerprint density at radius 1 is 1.16 bits per heavy atom. The summed E-state index contributed by atoms with van der Waals surface area (Å²) in [6.07, 6.45) is 0. The van der Waals surface area contributed by atoms with Crippen LogP contribution >= 0.6 is 23.2 Å². The molecule has 1 N–H and O–H groups in total. The molecule has 0 fully saturated rings. The van der Waals surface area contributed by atoms with Crippen molar-refractivity contribution in [1.82, 2.24) is 0 Å². The Morgan fingerprint density at radius 2 is 1.80 bits per heavy atom. The maximum absolute atomic E-state index is 12.5. The maximum Gasteiger partial charge on any atom is 0.343 e. The van der Waals surface area contributed by atoms with Crippen molar-refractivity contribution in [3.05, 3.63) is 52.0 Å². The fraction of sp³-hybridized carbons (Fsp3) is 0.188. The molecule has 2 aromatic carbocycles. The zero-order valence-electron chi connectivity index (χ0n) is 13.4. The Bertz CT molecular complexity index is 879. The number of esters is 1. The van der Waals surface area contributed by atoms with E-state index in [1.54, 1.807) is 13.0 Å². The van der Waals surface area contributed by atoms with Gasteiger partial charge in [-0.1, -0.05) is 29.3 Å². The molecule has 0 saturated carbocycles. The van der Waals surface area contributed by atoms with E-state index in [2.05, 4.69) is 9.46 Å². The lowest BCUT2D eigenvalue weighted by Gasteiger charge is -2.13. The molecule has 0 unspecified atom stereocenters. The number of methoxy groups -OCH3 is 1. The van der Waals surface area contributed by atoms with Gasteiger partial charge >= 0.3 is 5.97 Å². The Hall–Kier alpha value is -1.96. The first-order chi connectivity index (χ1) is 11.7. The number of benzene rings is 2. The van der Waals surface area contributed by atoms with Crippen molar-refractivity contribution in [3.63, 3.8) is 0 Å². The normalized spacial score (nSPS) is 11.0. The molecule has 0 atom stereocenters. The number of anilines is 1. The molecule has 134 valence electrons. The number of carbonyl (C=O) groups is 1. The summed E-state index contributed by atoms with van der Waals surface area (Å²) in [5.41, 5.74) is 0.645. The van der Waals surface area contributed by atoms with Crippen LogP contribution in [0.25, 0.3) is 0 Å². The van der Waals surface area contributed by atoms with Gasteiger partial charge in [0, 0.05) is 0 Å². The zero-order chi connectivity index (χ0) is 18.6. The average molecular weight is 404 g/mol. The second-order valence-corrected chi connectivity index (χ2v) is 7.49. The van der Waals surface area contributed by atoms with Gasteiger partial charge in [-0.2, -0.15) is 0 Å². The highest BCUT2D eigenvalue weighted by atomic mass is 35.5. The molecular weight excluding hydrogens is 389 g/mol. The molecule has 6 nitrogen and oxygen atoms in total. The van der Waals surface area contributed by atoms with Crippen molar-refractivity contribution in [3.8, 4) is 5.75 Å². The molecule has 25 heavy (non-hydrogen) atoms. The van der Waals surface area contributed by atoms with Crippen molar-refractivity contribution >= 4 is 44.9 Å². The van der Waals surface area contributed by atoms with Crippen LogP contribution in [0, 0.1) is 6.92 Å². The number of rotatable bonds is 6. The Kier molecular flexibility index (Phi) is 6.16. The standard InChI is InChI=1S/C16H15Cl2NO5S/c1-10-8-11(6-7-14(10)24-9-15(20)23-2)25(21,22)19-16-12(17)4-3-5-13(16)18/h3-8,19H,9H2,1-2H3. The van der Waals surface area contributed by atoms with Gasteiger partial charge in [-0.3, -0.25) is 4.72 Å². The second kappa shape index (κ2) is 7.95. The molecule has 0 aromatic heterocycles. The first kappa shape index (κ1) is 19.4. The predicted molar refractivity (Wildman–Crippen MR) is 96.0 cm³/mol. The predicted octanol–water partition coefficient (Wildman–Crippen LogP) is 3.65. The summed E-state index contributed by atoms with van der Waals surface area (Å²) in [5, 5.41) is 0.372. The van der Waals surface area contributed by atoms with Crippen LogP contribution in [0.4, 0.5) is 5.69 Å². The smallest absolute Gasteiger partial charge is 0.343 e. The summed E-state index contributed by atoms with van der Waals surface area (Å²) in [6.45, 7) is 1.39. The number of para-hydroxylation sites is 1. The Morgan fingerprint density at radius 3 is 2.36 bits per heavy atom. The lowest BCUT2D eigenvalue weighted by atomic mass is 10.2. The highest BCUT2D eigenvalue weighted by molar-refractivity contribution is 7.92. The van der Waals surface area contributed by atoms with Crippen molar-refractivity contribution < 1.29 is 22.7 Å². The minimum Gasteiger partial charge on any atom is -0.482 e. The van der Waals surface area contributed by atoms with Crippen molar-refractivity contribution in [2.45, 2.75) is 11.8 Å². The Balaban J connectivity index is 2.25. The van der Waals surface area contributed by atoms with E-state index in [9.17, 15) is 13.2 Å². The van der Waals surface area contributed by atoms with Crippen LogP contribution in [-0.2, 0) is 19.6 Å². The van der Waals surface area contributed by atoms with Crippen LogP contribution in [-0.4, -0.2) is 28.1 Å².